The van der Waals surface area contributed by atoms with E-state index in [1.54, 1.807) is 6.07 Å². The lowest BCUT2D eigenvalue weighted by Gasteiger charge is -2.35. The van der Waals surface area contributed by atoms with E-state index in [0.717, 1.165) is 60.9 Å². The summed E-state index contributed by atoms with van der Waals surface area (Å²) in [5, 5.41) is 4.01. The van der Waals surface area contributed by atoms with Crippen LogP contribution in [0.4, 0.5) is 11.4 Å². The van der Waals surface area contributed by atoms with Gasteiger partial charge in [-0.05, 0) is 49.2 Å². The summed E-state index contributed by atoms with van der Waals surface area (Å²) >= 11 is 0. The van der Waals surface area contributed by atoms with E-state index < -0.39 is 10.0 Å². The molecule has 0 unspecified atom stereocenters. The van der Waals surface area contributed by atoms with Crippen molar-refractivity contribution in [3.8, 4) is 5.75 Å². The highest BCUT2D eigenvalue weighted by Gasteiger charge is 2.30. The highest BCUT2D eigenvalue weighted by molar-refractivity contribution is 7.92. The lowest BCUT2D eigenvalue weighted by Crippen LogP contribution is -2.50. The third-order valence-electron chi connectivity index (χ3n) is 9.53. The fourth-order valence-electron chi connectivity index (χ4n) is 6.91. The van der Waals surface area contributed by atoms with E-state index in [4.69, 9.17) is 4.74 Å². The Morgan fingerprint density at radius 3 is 2.33 bits per heavy atom. The molecule has 1 atom stereocenters. The van der Waals surface area contributed by atoms with Gasteiger partial charge in [0.1, 0.15) is 5.69 Å². The number of aromatic nitrogens is 1. The average molecular weight is 682 g/mol. The standard InChI is InChI=1S/C35H51N7O5S/c1-35(2,3)27-12-13-28(37-48(8,45)46)33(47-7)31(27)36-34(44)29-20-24-10-9-11-25(32(24)39(29)6)21-40-16-18-42(19-17-40)30(43)23-41-15-14-26(22-41)38(4)5/h9-13,20,26,37H,14-19,21-23H2,1-8H3,(H,36,44)/t26-/m1/s1. The van der Waals surface area contributed by atoms with Crippen LogP contribution in [-0.4, -0.2) is 124 Å². The summed E-state index contributed by atoms with van der Waals surface area (Å²) in [6.45, 7) is 12.1. The number of carbonyl (C=O) groups excluding carboxylic acids is 2. The number of nitrogens with zero attached hydrogens (tertiary/aromatic N) is 5. The summed E-state index contributed by atoms with van der Waals surface area (Å²) < 4.78 is 34.3. The number of hydrogen-bond donors (Lipinski definition) is 2. The Hall–Kier alpha value is -3.65. The van der Waals surface area contributed by atoms with Crippen LogP contribution in [0.1, 0.15) is 48.8 Å². The average Bonchev–Trinajstić information content (AvgIpc) is 3.61. The molecule has 2 aliphatic heterocycles. The van der Waals surface area contributed by atoms with Crippen LogP contribution < -0.4 is 14.8 Å². The number of ether oxygens (including phenoxy) is 1. The van der Waals surface area contributed by atoms with Crippen molar-refractivity contribution in [2.24, 2.45) is 7.05 Å². The maximum absolute atomic E-state index is 13.9. The monoisotopic (exact) mass is 681 g/mol. The molecular weight excluding hydrogens is 630 g/mol. The van der Waals surface area contributed by atoms with Crippen molar-refractivity contribution in [3.63, 3.8) is 0 Å². The van der Waals surface area contributed by atoms with Crippen molar-refractivity contribution in [3.05, 3.63) is 53.2 Å². The fourth-order valence-corrected chi connectivity index (χ4v) is 7.47. The molecule has 5 rings (SSSR count). The Morgan fingerprint density at radius 1 is 1.02 bits per heavy atom. The zero-order valence-corrected chi connectivity index (χ0v) is 30.4. The summed E-state index contributed by atoms with van der Waals surface area (Å²) in [7, 11) is 3.96. The second-order valence-electron chi connectivity index (χ2n) is 14.4. The van der Waals surface area contributed by atoms with E-state index in [0.29, 0.717) is 43.6 Å². The minimum absolute atomic E-state index is 0.207. The van der Waals surface area contributed by atoms with Gasteiger partial charge in [0.15, 0.2) is 5.75 Å². The molecule has 2 N–H and O–H groups in total. The predicted octanol–water partition coefficient (Wildman–Crippen LogP) is 3.39. The van der Waals surface area contributed by atoms with Gasteiger partial charge in [-0.15, -0.1) is 0 Å². The quantitative estimate of drug-likeness (QED) is 0.335. The first-order valence-electron chi connectivity index (χ1n) is 16.5. The van der Waals surface area contributed by atoms with Crippen molar-refractivity contribution in [2.45, 2.75) is 45.2 Å². The molecule has 0 aliphatic carbocycles. The molecule has 3 heterocycles. The van der Waals surface area contributed by atoms with Crippen LogP contribution in [0.15, 0.2) is 36.4 Å². The van der Waals surface area contributed by atoms with Crippen molar-refractivity contribution < 1.29 is 22.7 Å². The number of hydrogen-bond acceptors (Lipinski definition) is 8. The van der Waals surface area contributed by atoms with E-state index in [-0.39, 0.29) is 28.7 Å². The zero-order valence-electron chi connectivity index (χ0n) is 29.6. The fraction of sp³-hybridized carbons (Fsp3) is 0.543. The first-order valence-corrected chi connectivity index (χ1v) is 18.4. The molecule has 2 aromatic carbocycles. The molecule has 0 spiro atoms. The normalized spacial score (nSPS) is 18.1. The number of rotatable bonds is 10. The van der Waals surface area contributed by atoms with Crippen LogP contribution >= 0.6 is 0 Å². The van der Waals surface area contributed by atoms with Gasteiger partial charge in [0, 0.05) is 64.3 Å². The van der Waals surface area contributed by atoms with Crippen LogP contribution in [0.25, 0.3) is 10.9 Å². The molecule has 2 fully saturated rings. The summed E-state index contributed by atoms with van der Waals surface area (Å²) in [6, 6.07) is 12.0. The van der Waals surface area contributed by atoms with Gasteiger partial charge in [0.2, 0.25) is 15.9 Å². The molecule has 2 aliphatic rings. The van der Waals surface area contributed by atoms with Gasteiger partial charge in [-0.25, -0.2) is 8.42 Å². The molecule has 3 aromatic rings. The SMILES string of the molecule is COc1c(NS(C)(=O)=O)ccc(C(C)(C)C)c1NC(=O)c1cc2cccc(CN3CCN(C(=O)CN4CC[C@@H](N(C)C)C4)CC3)c2n1C. The number of nitrogens with one attached hydrogen (secondary N) is 2. The molecular formula is C35H51N7O5S. The van der Waals surface area contributed by atoms with Crippen LogP contribution in [-0.2, 0) is 33.8 Å². The molecule has 12 nitrogen and oxygen atoms in total. The summed E-state index contributed by atoms with van der Waals surface area (Å²) in [5.41, 5.74) is 3.65. The van der Waals surface area contributed by atoms with Crippen molar-refractivity contribution in [2.75, 3.05) is 83.3 Å². The van der Waals surface area contributed by atoms with Gasteiger partial charge in [-0.1, -0.05) is 45.0 Å². The van der Waals surface area contributed by atoms with Gasteiger partial charge in [-0.2, -0.15) is 0 Å². The van der Waals surface area contributed by atoms with Gasteiger partial charge in [-0.3, -0.25) is 24.1 Å². The molecule has 2 amide bonds. The number of methoxy groups -OCH3 is 1. The van der Waals surface area contributed by atoms with E-state index in [9.17, 15) is 18.0 Å². The number of benzene rings is 2. The van der Waals surface area contributed by atoms with Crippen molar-refractivity contribution >= 4 is 44.1 Å². The summed E-state index contributed by atoms with van der Waals surface area (Å²) in [5.74, 6) is 0.122. The third-order valence-corrected chi connectivity index (χ3v) is 10.1. The largest absolute Gasteiger partial charge is 0.492 e. The van der Waals surface area contributed by atoms with Gasteiger partial charge < -0.3 is 24.4 Å². The van der Waals surface area contributed by atoms with Crippen molar-refractivity contribution in [1.82, 2.24) is 24.2 Å². The number of carbonyl (C=O) groups is 2. The zero-order chi connectivity index (χ0) is 35.0. The number of sulfonamides is 1. The highest BCUT2D eigenvalue weighted by Crippen LogP contribution is 2.42. The second kappa shape index (κ2) is 14.1. The number of para-hydroxylation sites is 1. The Labute approximate surface area is 285 Å². The molecule has 0 saturated carbocycles. The number of fused-ring (bicyclic) bond motifs is 1. The van der Waals surface area contributed by atoms with Gasteiger partial charge in [0.25, 0.3) is 5.91 Å². The number of likely N-dealkylation sites (tertiary alicyclic amines) is 1. The second-order valence-corrected chi connectivity index (χ2v) is 16.1. The number of likely N-dealkylation sites (N-methyl/N-ethyl adjacent to an activating group) is 1. The van der Waals surface area contributed by atoms with Crippen LogP contribution in [0.2, 0.25) is 0 Å². The Bertz CT molecular complexity index is 1770. The molecule has 48 heavy (non-hydrogen) atoms. The number of piperazine rings is 1. The number of aryl methyl sites for hydroxylation is 1. The van der Waals surface area contributed by atoms with Gasteiger partial charge >= 0.3 is 0 Å². The van der Waals surface area contributed by atoms with E-state index in [1.165, 1.54) is 7.11 Å². The summed E-state index contributed by atoms with van der Waals surface area (Å²) in [6.07, 6.45) is 2.18. The number of amides is 2. The smallest absolute Gasteiger partial charge is 0.272 e. The summed E-state index contributed by atoms with van der Waals surface area (Å²) in [4.78, 5) is 35.9. The third kappa shape index (κ3) is 7.96. The molecule has 0 bridgehead atoms. The highest BCUT2D eigenvalue weighted by atomic mass is 32.2. The minimum Gasteiger partial charge on any atom is -0.492 e. The Kier molecular flexibility index (Phi) is 10.4. The van der Waals surface area contributed by atoms with Crippen LogP contribution in [0.5, 0.6) is 5.75 Å². The maximum Gasteiger partial charge on any atom is 0.272 e. The first kappa shape index (κ1) is 35.7. The van der Waals surface area contributed by atoms with Gasteiger partial charge in [0.05, 0.1) is 36.8 Å². The predicted molar refractivity (Wildman–Crippen MR) is 191 cm³/mol. The van der Waals surface area contributed by atoms with E-state index in [2.05, 4.69) is 44.9 Å². The first-order chi connectivity index (χ1) is 22.6. The molecule has 2 saturated heterocycles. The Morgan fingerprint density at radius 2 is 1.73 bits per heavy atom. The molecule has 262 valence electrons. The minimum atomic E-state index is -3.59. The molecule has 1 aromatic heterocycles. The van der Waals surface area contributed by atoms with Crippen LogP contribution in [0, 0.1) is 0 Å². The topological polar surface area (TPSA) is 119 Å². The lowest BCUT2D eigenvalue weighted by molar-refractivity contribution is -0.134. The number of anilines is 2. The lowest BCUT2D eigenvalue weighted by atomic mass is 9.85. The Balaban J connectivity index is 1.31. The molecule has 0 radical (unpaired) electrons. The van der Waals surface area contributed by atoms with Crippen molar-refractivity contribution in [1.29, 1.82) is 0 Å². The molecule has 13 heteroatoms. The maximum atomic E-state index is 13.9. The van der Waals surface area contributed by atoms with E-state index in [1.807, 2.05) is 61.6 Å². The van der Waals surface area contributed by atoms with E-state index >= 15 is 0 Å². The van der Waals surface area contributed by atoms with Crippen LogP contribution in [0.3, 0.4) is 0 Å².